The molecule has 1 aromatic carbocycles. The predicted molar refractivity (Wildman–Crippen MR) is 144 cm³/mol. The standard InChI is InChI=1S/C28H36ClN3O6/c1-15-9-23(36-4)21(28(34)31-15)11-30-27(33)20-10-22(29)26-25(16(20)2)38-24(14-37-26)17-5-7-18(8-6-17)32-12-19(13-32)35-3/h9-10,17-19,24H,5-8,11-14H2,1-4H3,(H,30,33)(H,31,34)/t17-,18-,24-/m0/s1. The van der Waals surface area contributed by atoms with Crippen molar-refractivity contribution >= 4 is 17.5 Å². The fraction of sp³-hybridized carbons (Fsp3) is 0.571. The second-order valence-corrected chi connectivity index (χ2v) is 11.0. The monoisotopic (exact) mass is 545 g/mol. The molecule has 1 atom stereocenters. The molecule has 206 valence electrons. The molecule has 5 rings (SSSR count). The van der Waals surface area contributed by atoms with E-state index in [1.807, 2.05) is 6.92 Å². The Balaban J connectivity index is 1.26. The third-order valence-corrected chi connectivity index (χ3v) is 8.49. The van der Waals surface area contributed by atoms with Gasteiger partial charge in [0.15, 0.2) is 11.5 Å². The molecule has 3 heterocycles. The number of carbonyl (C=O) groups excluding carboxylic acids is 1. The van der Waals surface area contributed by atoms with E-state index in [-0.39, 0.29) is 24.1 Å². The molecule has 0 radical (unpaired) electrons. The number of carbonyl (C=O) groups is 1. The number of ether oxygens (including phenoxy) is 4. The highest BCUT2D eigenvalue weighted by Gasteiger charge is 2.38. The molecule has 3 aliphatic rings. The predicted octanol–water partition coefficient (Wildman–Crippen LogP) is 3.61. The number of hydrogen-bond donors (Lipinski definition) is 2. The van der Waals surface area contributed by atoms with E-state index in [1.165, 1.54) is 7.11 Å². The summed E-state index contributed by atoms with van der Waals surface area (Å²) in [6, 6.07) is 3.93. The van der Waals surface area contributed by atoms with E-state index in [0.29, 0.717) is 69.3 Å². The third-order valence-electron chi connectivity index (χ3n) is 8.21. The van der Waals surface area contributed by atoms with Crippen molar-refractivity contribution in [2.45, 2.75) is 64.3 Å². The van der Waals surface area contributed by atoms with Gasteiger partial charge in [0, 0.05) is 43.1 Å². The number of methoxy groups -OCH3 is 2. The van der Waals surface area contributed by atoms with E-state index in [9.17, 15) is 9.59 Å². The maximum Gasteiger partial charge on any atom is 0.256 e. The summed E-state index contributed by atoms with van der Waals surface area (Å²) in [5, 5.41) is 3.15. The van der Waals surface area contributed by atoms with E-state index in [2.05, 4.69) is 15.2 Å². The number of pyridine rings is 1. The van der Waals surface area contributed by atoms with Gasteiger partial charge < -0.3 is 29.2 Å². The molecule has 1 amide bonds. The number of amides is 1. The van der Waals surface area contributed by atoms with Crippen LogP contribution < -0.4 is 25.1 Å². The first-order chi connectivity index (χ1) is 18.3. The van der Waals surface area contributed by atoms with Crippen LogP contribution >= 0.6 is 11.6 Å². The average molecular weight is 546 g/mol. The van der Waals surface area contributed by atoms with E-state index in [0.717, 1.165) is 38.8 Å². The first kappa shape index (κ1) is 26.8. The first-order valence-corrected chi connectivity index (χ1v) is 13.6. The van der Waals surface area contributed by atoms with Gasteiger partial charge in [0.25, 0.3) is 11.5 Å². The van der Waals surface area contributed by atoms with Crippen molar-refractivity contribution in [2.24, 2.45) is 5.92 Å². The Kier molecular flexibility index (Phi) is 7.88. The van der Waals surface area contributed by atoms with Gasteiger partial charge in [0.2, 0.25) is 0 Å². The summed E-state index contributed by atoms with van der Waals surface area (Å²) in [5.74, 6) is 1.46. The second-order valence-electron chi connectivity index (χ2n) is 10.5. The van der Waals surface area contributed by atoms with Crippen LogP contribution in [0.3, 0.4) is 0 Å². The van der Waals surface area contributed by atoms with Crippen LogP contribution in [-0.4, -0.2) is 68.0 Å². The zero-order valence-corrected chi connectivity index (χ0v) is 23.2. The summed E-state index contributed by atoms with van der Waals surface area (Å²) in [5.41, 5.74) is 1.77. The Morgan fingerprint density at radius 1 is 1.16 bits per heavy atom. The summed E-state index contributed by atoms with van der Waals surface area (Å²) in [6.45, 7) is 6.11. The molecular weight excluding hydrogens is 510 g/mol. The topological polar surface area (TPSA) is 102 Å². The van der Waals surface area contributed by atoms with Crippen LogP contribution in [0.4, 0.5) is 0 Å². The minimum atomic E-state index is -0.357. The number of halogens is 1. The van der Waals surface area contributed by atoms with Gasteiger partial charge in [-0.3, -0.25) is 14.5 Å². The van der Waals surface area contributed by atoms with Gasteiger partial charge in [-0.15, -0.1) is 0 Å². The number of benzene rings is 1. The molecule has 1 aromatic heterocycles. The van der Waals surface area contributed by atoms with Gasteiger partial charge in [-0.2, -0.15) is 0 Å². The average Bonchev–Trinajstić information content (AvgIpc) is 2.89. The van der Waals surface area contributed by atoms with Gasteiger partial charge in [-0.05, 0) is 57.6 Å². The molecule has 1 aliphatic carbocycles. The lowest BCUT2D eigenvalue weighted by Crippen LogP contribution is -2.57. The number of hydrogen-bond acceptors (Lipinski definition) is 7. The number of fused-ring (bicyclic) bond motifs is 1. The smallest absolute Gasteiger partial charge is 0.256 e. The summed E-state index contributed by atoms with van der Waals surface area (Å²) in [6.07, 6.45) is 4.70. The molecular formula is C28H36ClN3O6. The SMILES string of the molecule is COc1cc(C)[nH]c(=O)c1CNC(=O)c1cc(Cl)c2c(c1C)O[C@H]([C@H]1CC[C@H](N3CC(OC)C3)CC1)CO2. The number of aromatic amines is 1. The Hall–Kier alpha value is -2.75. The Morgan fingerprint density at radius 2 is 1.89 bits per heavy atom. The molecule has 38 heavy (non-hydrogen) atoms. The lowest BCUT2D eigenvalue weighted by Gasteiger charge is -2.46. The largest absolute Gasteiger partial charge is 0.496 e. The van der Waals surface area contributed by atoms with Crippen LogP contribution in [0.1, 0.15) is 52.9 Å². The third kappa shape index (κ3) is 5.24. The van der Waals surface area contributed by atoms with E-state index in [4.69, 9.17) is 30.5 Å². The minimum Gasteiger partial charge on any atom is -0.496 e. The quantitative estimate of drug-likeness (QED) is 0.548. The number of H-pyrrole nitrogens is 1. The molecule has 1 saturated heterocycles. The van der Waals surface area contributed by atoms with Crippen molar-refractivity contribution in [1.29, 1.82) is 0 Å². The number of aromatic nitrogens is 1. The van der Waals surface area contributed by atoms with Crippen molar-refractivity contribution in [3.8, 4) is 17.2 Å². The minimum absolute atomic E-state index is 0.0110. The van der Waals surface area contributed by atoms with Gasteiger partial charge in [0.1, 0.15) is 18.5 Å². The molecule has 2 aromatic rings. The van der Waals surface area contributed by atoms with Crippen LogP contribution in [0.15, 0.2) is 16.9 Å². The summed E-state index contributed by atoms with van der Waals surface area (Å²) < 4.78 is 23.3. The molecule has 0 bridgehead atoms. The van der Waals surface area contributed by atoms with Crippen LogP contribution in [-0.2, 0) is 11.3 Å². The summed E-state index contributed by atoms with van der Waals surface area (Å²) in [4.78, 5) is 30.9. The highest BCUT2D eigenvalue weighted by molar-refractivity contribution is 6.32. The Labute approximate surface area is 227 Å². The zero-order chi connectivity index (χ0) is 27.0. The van der Waals surface area contributed by atoms with Crippen molar-refractivity contribution in [1.82, 2.24) is 15.2 Å². The van der Waals surface area contributed by atoms with Crippen LogP contribution in [0.2, 0.25) is 5.02 Å². The van der Waals surface area contributed by atoms with Crippen molar-refractivity contribution in [3.05, 3.63) is 49.9 Å². The number of nitrogens with one attached hydrogen (secondary N) is 2. The van der Waals surface area contributed by atoms with Crippen LogP contribution in [0.5, 0.6) is 17.2 Å². The highest BCUT2D eigenvalue weighted by Crippen LogP contribution is 2.45. The second kappa shape index (κ2) is 11.2. The molecule has 0 spiro atoms. The highest BCUT2D eigenvalue weighted by atomic mass is 35.5. The van der Waals surface area contributed by atoms with E-state index >= 15 is 0 Å². The number of aryl methyl sites for hydroxylation is 1. The number of likely N-dealkylation sites (tertiary alicyclic amines) is 1. The molecule has 10 heteroatoms. The number of nitrogens with zero attached hydrogens (tertiary/aromatic N) is 1. The van der Waals surface area contributed by atoms with E-state index < -0.39 is 0 Å². The fourth-order valence-electron chi connectivity index (χ4n) is 5.85. The molecule has 2 N–H and O–H groups in total. The maximum atomic E-state index is 13.2. The number of rotatable bonds is 7. The summed E-state index contributed by atoms with van der Waals surface area (Å²) >= 11 is 6.53. The van der Waals surface area contributed by atoms with Crippen LogP contribution in [0.25, 0.3) is 0 Å². The van der Waals surface area contributed by atoms with Gasteiger partial charge in [-0.1, -0.05) is 11.6 Å². The Morgan fingerprint density at radius 3 is 2.58 bits per heavy atom. The normalized spacial score (nSPS) is 23.6. The Bertz CT molecular complexity index is 1250. The molecule has 0 unspecified atom stereocenters. The lowest BCUT2D eigenvalue weighted by atomic mass is 9.81. The molecule has 1 saturated carbocycles. The van der Waals surface area contributed by atoms with Gasteiger partial charge in [0.05, 0.1) is 30.3 Å². The zero-order valence-electron chi connectivity index (χ0n) is 22.4. The van der Waals surface area contributed by atoms with Crippen molar-refractivity contribution < 1.29 is 23.7 Å². The summed E-state index contributed by atoms with van der Waals surface area (Å²) in [7, 11) is 3.28. The lowest BCUT2D eigenvalue weighted by molar-refractivity contribution is -0.0649. The first-order valence-electron chi connectivity index (χ1n) is 13.2. The van der Waals surface area contributed by atoms with Gasteiger partial charge >= 0.3 is 0 Å². The molecule has 2 fully saturated rings. The van der Waals surface area contributed by atoms with E-state index in [1.54, 1.807) is 26.2 Å². The molecule has 2 aliphatic heterocycles. The van der Waals surface area contributed by atoms with Crippen LogP contribution in [0, 0.1) is 19.8 Å². The maximum absolute atomic E-state index is 13.2. The fourth-order valence-corrected chi connectivity index (χ4v) is 6.10. The molecule has 9 nitrogen and oxygen atoms in total. The van der Waals surface area contributed by atoms with Crippen molar-refractivity contribution in [2.75, 3.05) is 33.9 Å². The van der Waals surface area contributed by atoms with Crippen molar-refractivity contribution in [3.63, 3.8) is 0 Å². The van der Waals surface area contributed by atoms with Gasteiger partial charge in [-0.25, -0.2) is 0 Å².